The molecule has 1 aromatic rings. The first-order chi connectivity index (χ1) is 9.93. The zero-order chi connectivity index (χ0) is 15.9. The van der Waals surface area contributed by atoms with Crippen LogP contribution in [0.3, 0.4) is 0 Å². The lowest BCUT2D eigenvalue weighted by atomic mass is 10.1. The summed E-state index contributed by atoms with van der Waals surface area (Å²) in [6, 6.07) is 4.13. The Hall–Kier alpha value is -0.390. The van der Waals surface area contributed by atoms with Crippen LogP contribution < -0.4 is 14.8 Å². The minimum absolute atomic E-state index is 0.242. The van der Waals surface area contributed by atoms with Crippen molar-refractivity contribution in [3.05, 3.63) is 22.2 Å². The number of rotatable bonds is 9. The number of ether oxygens (including phenoxy) is 2. The van der Waals surface area contributed by atoms with Crippen molar-refractivity contribution in [2.24, 2.45) is 0 Å². The molecule has 0 aliphatic rings. The molecule has 3 nitrogen and oxygen atoms in total. The molecule has 0 aliphatic carbocycles. The number of nitrogens with one attached hydrogen (secondary N) is 1. The van der Waals surface area contributed by atoms with Crippen molar-refractivity contribution in [3.8, 4) is 11.5 Å². The normalized spacial score (nSPS) is 11.5. The number of benzene rings is 1. The van der Waals surface area contributed by atoms with Crippen LogP contribution in [0.5, 0.6) is 11.5 Å². The van der Waals surface area contributed by atoms with Crippen LogP contribution in [0.25, 0.3) is 0 Å². The van der Waals surface area contributed by atoms with Crippen LogP contribution in [0, 0.1) is 0 Å². The van der Waals surface area contributed by atoms with Gasteiger partial charge in [-0.05, 0) is 60.2 Å². The first kappa shape index (κ1) is 18.7. The number of hydrogen-bond acceptors (Lipinski definition) is 4. The molecule has 0 unspecified atom stereocenters. The highest BCUT2D eigenvalue weighted by Crippen LogP contribution is 2.36. The maximum absolute atomic E-state index is 5.74. The molecule has 0 aromatic heterocycles. The molecule has 1 aromatic carbocycles. The molecule has 21 heavy (non-hydrogen) atoms. The molecule has 0 spiro atoms. The lowest BCUT2D eigenvalue weighted by Crippen LogP contribution is -2.31. The predicted molar refractivity (Wildman–Crippen MR) is 95.8 cm³/mol. The molecule has 0 amide bonds. The van der Waals surface area contributed by atoms with E-state index in [1.807, 2.05) is 17.8 Å². The second kappa shape index (κ2) is 8.91. The average Bonchev–Trinajstić information content (AvgIpc) is 2.45. The molecule has 0 aliphatic heterocycles. The van der Waals surface area contributed by atoms with Gasteiger partial charge in [-0.3, -0.25) is 0 Å². The highest BCUT2D eigenvalue weighted by atomic mass is 79.9. The van der Waals surface area contributed by atoms with Gasteiger partial charge < -0.3 is 14.8 Å². The maximum Gasteiger partial charge on any atom is 0.175 e. The first-order valence-corrected chi connectivity index (χ1v) is 9.20. The van der Waals surface area contributed by atoms with Gasteiger partial charge in [0.05, 0.1) is 18.2 Å². The quantitative estimate of drug-likeness (QED) is 0.689. The van der Waals surface area contributed by atoms with Gasteiger partial charge >= 0.3 is 0 Å². The second-order valence-corrected chi connectivity index (χ2v) is 7.89. The van der Waals surface area contributed by atoms with Gasteiger partial charge in [0.2, 0.25) is 0 Å². The average molecular weight is 376 g/mol. The Balaban J connectivity index is 2.74. The van der Waals surface area contributed by atoms with E-state index >= 15 is 0 Å². The fourth-order valence-electron chi connectivity index (χ4n) is 1.80. The summed E-state index contributed by atoms with van der Waals surface area (Å²) in [5, 5.41) is 3.50. The van der Waals surface area contributed by atoms with Gasteiger partial charge in [-0.1, -0.05) is 6.92 Å². The van der Waals surface area contributed by atoms with E-state index in [9.17, 15) is 0 Å². The van der Waals surface area contributed by atoms with E-state index in [0.29, 0.717) is 6.61 Å². The first-order valence-electron chi connectivity index (χ1n) is 7.18. The number of methoxy groups -OCH3 is 1. The van der Waals surface area contributed by atoms with Crippen molar-refractivity contribution in [1.82, 2.24) is 5.32 Å². The Morgan fingerprint density at radius 3 is 2.62 bits per heavy atom. The van der Waals surface area contributed by atoms with Crippen LogP contribution in [0.1, 0.15) is 32.8 Å². The zero-order valence-corrected chi connectivity index (χ0v) is 16.0. The third-order valence-electron chi connectivity index (χ3n) is 3.17. The Morgan fingerprint density at radius 2 is 2.05 bits per heavy atom. The molecule has 0 heterocycles. The predicted octanol–water partition coefficient (Wildman–Crippen LogP) is 4.48. The molecule has 0 fully saturated rings. The van der Waals surface area contributed by atoms with Crippen LogP contribution >= 0.6 is 27.7 Å². The third-order valence-corrected chi connectivity index (χ3v) is 5.01. The summed E-state index contributed by atoms with van der Waals surface area (Å²) in [6.45, 7) is 9.03. The van der Waals surface area contributed by atoms with Gasteiger partial charge in [0.15, 0.2) is 11.5 Å². The van der Waals surface area contributed by atoms with Crippen molar-refractivity contribution in [2.45, 2.75) is 38.5 Å². The van der Waals surface area contributed by atoms with Crippen LogP contribution in [-0.2, 0) is 6.54 Å². The van der Waals surface area contributed by atoms with Gasteiger partial charge in [-0.25, -0.2) is 0 Å². The highest BCUT2D eigenvalue weighted by molar-refractivity contribution is 9.10. The standard InChI is InChI=1S/C16H26BrNO2S/c1-6-7-20-15-13(17)8-12(9-14(15)19-4)10-18-11-16(2,3)21-5/h8-9,18H,6-7,10-11H2,1-5H3. The van der Waals surface area contributed by atoms with Crippen molar-refractivity contribution < 1.29 is 9.47 Å². The fourth-order valence-corrected chi connectivity index (χ4v) is 2.65. The minimum atomic E-state index is 0.242. The Bertz CT molecular complexity index is 452. The fraction of sp³-hybridized carbons (Fsp3) is 0.625. The van der Waals surface area contributed by atoms with Crippen molar-refractivity contribution >= 4 is 27.7 Å². The number of thioether (sulfide) groups is 1. The van der Waals surface area contributed by atoms with Gasteiger partial charge in [0.1, 0.15) is 0 Å². The topological polar surface area (TPSA) is 30.5 Å². The lowest BCUT2D eigenvalue weighted by Gasteiger charge is -2.22. The molecule has 0 saturated heterocycles. The smallest absolute Gasteiger partial charge is 0.175 e. The molecule has 1 rings (SSSR count). The van der Waals surface area contributed by atoms with Crippen LogP contribution in [0.2, 0.25) is 0 Å². The number of halogens is 1. The minimum Gasteiger partial charge on any atom is -0.493 e. The summed E-state index contributed by atoms with van der Waals surface area (Å²) in [5.74, 6) is 1.56. The molecule has 0 saturated carbocycles. The molecule has 120 valence electrons. The molecular formula is C16H26BrNO2S. The van der Waals surface area contributed by atoms with Crippen LogP contribution in [0.4, 0.5) is 0 Å². The van der Waals surface area contributed by atoms with Crippen LogP contribution in [0.15, 0.2) is 16.6 Å². The summed E-state index contributed by atoms with van der Waals surface area (Å²) in [4.78, 5) is 0. The molecule has 5 heteroatoms. The molecule has 1 N–H and O–H groups in total. The van der Waals surface area contributed by atoms with E-state index in [0.717, 1.165) is 35.5 Å². The monoisotopic (exact) mass is 375 g/mol. The van der Waals surface area contributed by atoms with E-state index in [1.165, 1.54) is 5.56 Å². The van der Waals surface area contributed by atoms with Gasteiger partial charge in [-0.2, -0.15) is 11.8 Å². The molecular weight excluding hydrogens is 350 g/mol. The van der Waals surface area contributed by atoms with E-state index in [4.69, 9.17) is 9.47 Å². The molecule has 0 atom stereocenters. The lowest BCUT2D eigenvalue weighted by molar-refractivity contribution is 0.292. The SMILES string of the molecule is CCCOc1c(Br)cc(CNCC(C)(C)SC)cc1OC. The second-order valence-electron chi connectivity index (χ2n) is 5.52. The summed E-state index contributed by atoms with van der Waals surface area (Å²) in [6.07, 6.45) is 3.11. The highest BCUT2D eigenvalue weighted by Gasteiger charge is 2.16. The van der Waals surface area contributed by atoms with Gasteiger partial charge in [-0.15, -0.1) is 0 Å². The van der Waals surface area contributed by atoms with Crippen LogP contribution in [-0.4, -0.2) is 31.3 Å². The molecule has 0 bridgehead atoms. The van der Waals surface area contributed by atoms with Crippen molar-refractivity contribution in [3.63, 3.8) is 0 Å². The maximum atomic E-state index is 5.74. The summed E-state index contributed by atoms with van der Waals surface area (Å²) >= 11 is 5.45. The zero-order valence-electron chi connectivity index (χ0n) is 13.6. The largest absolute Gasteiger partial charge is 0.493 e. The van der Waals surface area contributed by atoms with Crippen molar-refractivity contribution in [2.75, 3.05) is 26.5 Å². The van der Waals surface area contributed by atoms with Gasteiger partial charge in [0, 0.05) is 17.8 Å². The van der Waals surface area contributed by atoms with E-state index in [-0.39, 0.29) is 4.75 Å². The third kappa shape index (κ3) is 6.09. The number of hydrogen-bond donors (Lipinski definition) is 1. The van der Waals surface area contributed by atoms with Gasteiger partial charge in [0.25, 0.3) is 0 Å². The Morgan fingerprint density at radius 1 is 1.33 bits per heavy atom. The Kier molecular flexibility index (Phi) is 7.92. The van der Waals surface area contributed by atoms with Crippen molar-refractivity contribution in [1.29, 1.82) is 0 Å². The van der Waals surface area contributed by atoms with E-state index in [2.05, 4.69) is 54.3 Å². The summed E-state index contributed by atoms with van der Waals surface area (Å²) in [5.41, 5.74) is 1.18. The Labute approximate surface area is 141 Å². The van der Waals surface area contributed by atoms with E-state index < -0.39 is 0 Å². The van der Waals surface area contributed by atoms with E-state index in [1.54, 1.807) is 7.11 Å². The molecule has 0 radical (unpaired) electrons. The summed E-state index contributed by atoms with van der Waals surface area (Å²) in [7, 11) is 1.68. The summed E-state index contributed by atoms with van der Waals surface area (Å²) < 4.78 is 12.4.